The molecule has 2 rings (SSSR count). The predicted molar refractivity (Wildman–Crippen MR) is 109 cm³/mol. The number of hydrogen-bond donors (Lipinski definition) is 3. The summed E-state index contributed by atoms with van der Waals surface area (Å²) < 4.78 is 20.9. The van der Waals surface area contributed by atoms with Crippen LogP contribution in [0.15, 0.2) is 24.3 Å². The van der Waals surface area contributed by atoms with Gasteiger partial charge >= 0.3 is 0 Å². The smallest absolute Gasteiger partial charge is 0.203 e. The van der Waals surface area contributed by atoms with E-state index >= 15 is 0 Å². The summed E-state index contributed by atoms with van der Waals surface area (Å²) in [6, 6.07) is 6.46. The quantitative estimate of drug-likeness (QED) is 0.584. The van der Waals surface area contributed by atoms with Crippen molar-refractivity contribution >= 4 is 0 Å². The van der Waals surface area contributed by atoms with Gasteiger partial charge in [0, 0.05) is 11.6 Å². The summed E-state index contributed by atoms with van der Waals surface area (Å²) in [5, 5.41) is 31.4. The van der Waals surface area contributed by atoms with E-state index in [-0.39, 0.29) is 29.1 Å². The molecular weight excluding hydrogens is 376 g/mol. The van der Waals surface area contributed by atoms with Crippen LogP contribution in [0.5, 0.6) is 34.5 Å². The minimum Gasteiger partial charge on any atom is -0.507 e. The Hall–Kier alpha value is -2.80. The summed E-state index contributed by atoms with van der Waals surface area (Å²) in [5.74, 6) is 1.32. The molecule has 2 aromatic rings. The van der Waals surface area contributed by atoms with E-state index in [1.165, 1.54) is 34.5 Å². The van der Waals surface area contributed by atoms with Crippen molar-refractivity contribution in [3.63, 3.8) is 0 Å². The third-order valence-corrected chi connectivity index (χ3v) is 5.32. The van der Waals surface area contributed by atoms with Gasteiger partial charge in [-0.2, -0.15) is 0 Å². The molecule has 3 N–H and O–H groups in total. The van der Waals surface area contributed by atoms with E-state index in [1.807, 2.05) is 19.9 Å². The van der Waals surface area contributed by atoms with E-state index < -0.39 is 6.10 Å². The van der Waals surface area contributed by atoms with Crippen LogP contribution in [0.4, 0.5) is 0 Å². The van der Waals surface area contributed by atoms with E-state index in [9.17, 15) is 15.3 Å². The number of rotatable bonds is 9. The van der Waals surface area contributed by atoms with E-state index in [4.69, 9.17) is 18.9 Å². The summed E-state index contributed by atoms with van der Waals surface area (Å²) in [4.78, 5) is 0. The second-order valence-electron chi connectivity index (χ2n) is 7.10. The van der Waals surface area contributed by atoms with Crippen molar-refractivity contribution in [2.45, 2.75) is 26.4 Å². The summed E-state index contributed by atoms with van der Waals surface area (Å²) in [6.45, 7) is 3.91. The lowest BCUT2D eigenvalue weighted by atomic mass is 9.83. The van der Waals surface area contributed by atoms with E-state index in [0.29, 0.717) is 29.2 Å². The molecule has 0 unspecified atom stereocenters. The highest BCUT2D eigenvalue weighted by molar-refractivity contribution is 5.53. The fraction of sp³-hybridized carbons (Fsp3) is 0.455. The van der Waals surface area contributed by atoms with Crippen LogP contribution < -0.4 is 18.9 Å². The van der Waals surface area contributed by atoms with Crippen LogP contribution in [-0.2, 0) is 6.42 Å². The summed E-state index contributed by atoms with van der Waals surface area (Å²) in [7, 11) is 5.96. The zero-order valence-corrected chi connectivity index (χ0v) is 17.7. The van der Waals surface area contributed by atoms with Crippen LogP contribution in [0.3, 0.4) is 0 Å². The van der Waals surface area contributed by atoms with Gasteiger partial charge in [0.25, 0.3) is 0 Å². The first-order chi connectivity index (χ1) is 13.8. The van der Waals surface area contributed by atoms with Crippen molar-refractivity contribution in [2.24, 2.45) is 11.8 Å². The van der Waals surface area contributed by atoms with Crippen molar-refractivity contribution in [3.8, 4) is 34.5 Å². The monoisotopic (exact) mass is 406 g/mol. The molecule has 7 heteroatoms. The number of benzene rings is 2. The van der Waals surface area contributed by atoms with E-state index in [2.05, 4.69) is 0 Å². The number of hydrogen-bond acceptors (Lipinski definition) is 7. The number of aliphatic hydroxyl groups is 1. The molecule has 0 saturated heterocycles. The molecule has 3 atom stereocenters. The largest absolute Gasteiger partial charge is 0.507 e. The average molecular weight is 406 g/mol. The van der Waals surface area contributed by atoms with Gasteiger partial charge in [0.1, 0.15) is 5.75 Å². The maximum absolute atomic E-state index is 10.9. The number of phenols is 2. The van der Waals surface area contributed by atoms with Crippen LogP contribution in [-0.4, -0.2) is 43.8 Å². The Morgan fingerprint density at radius 3 is 1.90 bits per heavy atom. The first-order valence-corrected chi connectivity index (χ1v) is 9.34. The fourth-order valence-electron chi connectivity index (χ4n) is 3.39. The van der Waals surface area contributed by atoms with Crippen LogP contribution >= 0.6 is 0 Å². The molecule has 0 fully saturated rings. The Morgan fingerprint density at radius 2 is 1.34 bits per heavy atom. The van der Waals surface area contributed by atoms with Crippen molar-refractivity contribution in [1.82, 2.24) is 0 Å². The molecule has 29 heavy (non-hydrogen) atoms. The average Bonchev–Trinajstić information content (AvgIpc) is 2.71. The van der Waals surface area contributed by atoms with Crippen LogP contribution in [0.1, 0.15) is 31.1 Å². The summed E-state index contributed by atoms with van der Waals surface area (Å²) >= 11 is 0. The molecule has 0 aliphatic rings. The van der Waals surface area contributed by atoms with Gasteiger partial charge in [-0.25, -0.2) is 0 Å². The fourth-order valence-corrected chi connectivity index (χ4v) is 3.39. The van der Waals surface area contributed by atoms with Crippen molar-refractivity contribution < 1.29 is 34.3 Å². The SMILES string of the molecule is COc1cc(O)c([C@@H](O)[C@H](C)[C@H](C)Cc2cc(O)c(OC)c(OC)c2)cc1OC. The lowest BCUT2D eigenvalue weighted by molar-refractivity contribution is 0.0845. The van der Waals surface area contributed by atoms with E-state index in [0.717, 1.165) is 5.56 Å². The Balaban J connectivity index is 2.24. The van der Waals surface area contributed by atoms with Gasteiger partial charge in [0.15, 0.2) is 23.0 Å². The molecular formula is C22H30O7. The molecule has 0 amide bonds. The molecule has 2 aromatic carbocycles. The third-order valence-electron chi connectivity index (χ3n) is 5.32. The highest BCUT2D eigenvalue weighted by Crippen LogP contribution is 2.42. The lowest BCUT2D eigenvalue weighted by Crippen LogP contribution is -2.19. The number of ether oxygens (including phenoxy) is 4. The van der Waals surface area contributed by atoms with Gasteiger partial charge in [-0.05, 0) is 42.0 Å². The van der Waals surface area contributed by atoms with Crippen LogP contribution in [0, 0.1) is 11.8 Å². The van der Waals surface area contributed by atoms with Crippen molar-refractivity contribution in [3.05, 3.63) is 35.4 Å². The van der Waals surface area contributed by atoms with Gasteiger partial charge in [-0.1, -0.05) is 13.8 Å². The van der Waals surface area contributed by atoms with Crippen LogP contribution in [0.25, 0.3) is 0 Å². The van der Waals surface area contributed by atoms with Gasteiger partial charge in [0.05, 0.1) is 34.5 Å². The summed E-state index contributed by atoms with van der Waals surface area (Å²) in [6.07, 6.45) is -0.334. The number of aliphatic hydroxyl groups excluding tert-OH is 1. The molecule has 0 aliphatic carbocycles. The van der Waals surface area contributed by atoms with Gasteiger partial charge in [0.2, 0.25) is 5.75 Å². The number of aromatic hydroxyl groups is 2. The third kappa shape index (κ3) is 4.79. The topological polar surface area (TPSA) is 97.6 Å². The van der Waals surface area contributed by atoms with E-state index in [1.54, 1.807) is 12.1 Å². The molecule has 0 aliphatic heterocycles. The van der Waals surface area contributed by atoms with Crippen molar-refractivity contribution in [2.75, 3.05) is 28.4 Å². The lowest BCUT2D eigenvalue weighted by Gasteiger charge is -2.27. The summed E-state index contributed by atoms with van der Waals surface area (Å²) in [5.41, 5.74) is 1.22. The maximum atomic E-state index is 10.9. The number of phenolic OH excluding ortho intramolecular Hbond substituents is 2. The van der Waals surface area contributed by atoms with Gasteiger partial charge < -0.3 is 34.3 Å². The highest BCUT2D eigenvalue weighted by Gasteiger charge is 2.27. The van der Waals surface area contributed by atoms with Crippen molar-refractivity contribution in [1.29, 1.82) is 0 Å². The molecule has 7 nitrogen and oxygen atoms in total. The van der Waals surface area contributed by atoms with Gasteiger partial charge in [-0.15, -0.1) is 0 Å². The maximum Gasteiger partial charge on any atom is 0.203 e. The molecule has 0 saturated carbocycles. The minimum absolute atomic E-state index is 0.000197. The number of methoxy groups -OCH3 is 4. The zero-order valence-electron chi connectivity index (χ0n) is 17.7. The zero-order chi connectivity index (χ0) is 21.7. The first kappa shape index (κ1) is 22.5. The Morgan fingerprint density at radius 1 is 0.759 bits per heavy atom. The second-order valence-corrected chi connectivity index (χ2v) is 7.10. The molecule has 0 heterocycles. The normalized spacial score (nSPS) is 14.0. The van der Waals surface area contributed by atoms with Gasteiger partial charge in [-0.3, -0.25) is 0 Å². The Bertz CT molecular complexity index is 834. The van der Waals surface area contributed by atoms with Crippen LogP contribution in [0.2, 0.25) is 0 Å². The Kier molecular flexibility index (Phi) is 7.45. The predicted octanol–water partition coefficient (Wildman–Crippen LogP) is 3.68. The Labute approximate surface area is 171 Å². The minimum atomic E-state index is -0.918. The molecule has 0 aromatic heterocycles. The molecule has 0 bridgehead atoms. The highest BCUT2D eigenvalue weighted by atomic mass is 16.5. The second kappa shape index (κ2) is 9.60. The first-order valence-electron chi connectivity index (χ1n) is 9.34. The standard InChI is InChI=1S/C22H30O7/c1-12(7-14-8-17(24)22(29-6)20(9-14)28-5)13(2)21(25)15-10-18(26-3)19(27-4)11-16(15)23/h8-13,21,23-25H,7H2,1-6H3/t12-,13-,21+/m1/s1. The molecule has 160 valence electrons. The molecule has 0 spiro atoms. The molecule has 0 radical (unpaired) electrons.